The van der Waals surface area contributed by atoms with E-state index in [1.807, 2.05) is 67.6 Å². The number of hydrogen-bond acceptors (Lipinski definition) is 6. The Labute approximate surface area is 207 Å². The summed E-state index contributed by atoms with van der Waals surface area (Å²) in [5, 5.41) is -0.667. The van der Waals surface area contributed by atoms with E-state index in [1.165, 1.54) is 34.9 Å². The van der Waals surface area contributed by atoms with Crippen LogP contribution in [0.5, 0.6) is 5.75 Å². The minimum Gasteiger partial charge on any atom is -0.472 e. The van der Waals surface area contributed by atoms with Crippen molar-refractivity contribution < 1.29 is 23.5 Å². The summed E-state index contributed by atoms with van der Waals surface area (Å²) < 4.78 is 26.4. The monoisotopic (exact) mass is 492 g/mol. The smallest absolute Gasteiger partial charge is 0.354 e. The lowest BCUT2D eigenvalue weighted by atomic mass is 9.94. The molecule has 2 heterocycles. The average molecular weight is 493 g/mol. The molecule has 0 saturated carbocycles. The SMILES string of the molecule is CC1S[C@@H]2C(N)C(=O)N2CC1(Oc1cccc(F)c1)C(=O)OC(c1ccccc1)c1ccccc1. The van der Waals surface area contributed by atoms with Crippen LogP contribution < -0.4 is 10.5 Å². The second-order valence-corrected chi connectivity index (χ2v) is 10.2. The molecule has 2 aliphatic heterocycles. The molecule has 0 radical (unpaired) electrons. The van der Waals surface area contributed by atoms with Crippen LogP contribution in [0.15, 0.2) is 84.9 Å². The van der Waals surface area contributed by atoms with Crippen molar-refractivity contribution in [3.8, 4) is 5.75 Å². The number of carbonyl (C=O) groups is 2. The average Bonchev–Trinajstić information content (AvgIpc) is 2.88. The van der Waals surface area contributed by atoms with Gasteiger partial charge in [-0.05, 0) is 30.2 Å². The topological polar surface area (TPSA) is 81.9 Å². The summed E-state index contributed by atoms with van der Waals surface area (Å²) in [5.74, 6) is -1.20. The van der Waals surface area contributed by atoms with E-state index in [0.717, 1.165) is 11.1 Å². The maximum absolute atomic E-state index is 14.0. The Bertz CT molecular complexity index is 1190. The molecule has 2 saturated heterocycles. The fourth-order valence-corrected chi connectivity index (χ4v) is 5.96. The van der Waals surface area contributed by atoms with Crippen LogP contribution in [0.25, 0.3) is 0 Å². The van der Waals surface area contributed by atoms with Gasteiger partial charge in [0, 0.05) is 6.07 Å². The first-order valence-corrected chi connectivity index (χ1v) is 12.3. The van der Waals surface area contributed by atoms with E-state index in [2.05, 4.69) is 0 Å². The van der Waals surface area contributed by atoms with Crippen molar-refractivity contribution >= 4 is 23.6 Å². The lowest BCUT2D eigenvalue weighted by molar-refractivity contribution is -0.173. The predicted molar refractivity (Wildman–Crippen MR) is 131 cm³/mol. The quantitative estimate of drug-likeness (QED) is 0.415. The molecule has 2 N–H and O–H groups in total. The number of β-lactam (4-membered cyclic amide) rings is 1. The molecule has 3 unspecified atom stereocenters. The molecule has 1 amide bonds. The van der Waals surface area contributed by atoms with Crippen LogP contribution in [0.4, 0.5) is 4.39 Å². The molecular weight excluding hydrogens is 467 g/mol. The van der Waals surface area contributed by atoms with Gasteiger partial charge in [0.25, 0.3) is 0 Å². The zero-order valence-electron chi connectivity index (χ0n) is 19.0. The Balaban J connectivity index is 1.52. The molecule has 2 aliphatic rings. The highest BCUT2D eigenvalue weighted by Gasteiger charge is 2.61. The summed E-state index contributed by atoms with van der Waals surface area (Å²) in [5.41, 5.74) is 6.02. The lowest BCUT2D eigenvalue weighted by Gasteiger charge is -2.55. The number of carbonyl (C=O) groups excluding carboxylic acids is 2. The largest absolute Gasteiger partial charge is 0.472 e. The fraction of sp³-hybridized carbons (Fsp3) is 0.259. The molecular formula is C27H25FN2O4S. The van der Waals surface area contributed by atoms with Crippen LogP contribution in [0.1, 0.15) is 24.2 Å². The molecule has 3 aromatic rings. The number of rotatable bonds is 6. The van der Waals surface area contributed by atoms with Crippen molar-refractivity contribution in [3.63, 3.8) is 0 Å². The second kappa shape index (κ2) is 9.36. The standard InChI is InChI=1S/C27H25FN2O4S/c1-17-27(34-21-14-8-13-20(28)15-21,16-30-24(31)22(29)25(30)35-17)26(32)33-23(18-9-4-2-5-10-18)19-11-6-3-7-12-19/h2-15,17,22-23,25H,16,29H2,1H3/t17?,22?,25-,27?/m1/s1. The molecule has 2 fully saturated rings. The Morgan fingerprint density at radius 3 is 2.29 bits per heavy atom. The summed E-state index contributed by atoms with van der Waals surface area (Å²) in [6.07, 6.45) is -0.692. The molecule has 180 valence electrons. The number of esters is 1. The first-order chi connectivity index (χ1) is 16.9. The minimum atomic E-state index is -1.56. The zero-order chi connectivity index (χ0) is 24.6. The summed E-state index contributed by atoms with van der Waals surface area (Å²) >= 11 is 1.39. The maximum atomic E-state index is 14.0. The van der Waals surface area contributed by atoms with Crippen molar-refractivity contribution in [1.82, 2.24) is 4.90 Å². The molecule has 0 spiro atoms. The second-order valence-electron chi connectivity index (χ2n) is 8.72. The van der Waals surface area contributed by atoms with Crippen LogP contribution in [0.2, 0.25) is 0 Å². The normalized spacial score (nSPS) is 25.5. The highest BCUT2D eigenvalue weighted by atomic mass is 32.2. The number of nitrogens with zero attached hydrogens (tertiary/aromatic N) is 1. The minimum absolute atomic E-state index is 0.0377. The summed E-state index contributed by atoms with van der Waals surface area (Å²) in [7, 11) is 0. The third-order valence-corrected chi connectivity index (χ3v) is 8.07. The van der Waals surface area contributed by atoms with E-state index in [4.69, 9.17) is 15.2 Å². The number of hydrogen-bond donors (Lipinski definition) is 1. The summed E-state index contributed by atoms with van der Waals surface area (Å²) in [4.78, 5) is 28.1. The van der Waals surface area contributed by atoms with Crippen LogP contribution in [-0.4, -0.2) is 45.6 Å². The van der Waals surface area contributed by atoms with Gasteiger partial charge < -0.3 is 20.1 Å². The van der Waals surface area contributed by atoms with E-state index < -0.39 is 34.8 Å². The van der Waals surface area contributed by atoms with Crippen molar-refractivity contribution in [3.05, 3.63) is 102 Å². The number of nitrogens with two attached hydrogens (primary N) is 1. The van der Waals surface area contributed by atoms with Gasteiger partial charge in [-0.15, -0.1) is 11.8 Å². The van der Waals surface area contributed by atoms with Crippen molar-refractivity contribution in [2.24, 2.45) is 5.73 Å². The molecule has 35 heavy (non-hydrogen) atoms. The number of amides is 1. The van der Waals surface area contributed by atoms with E-state index in [0.29, 0.717) is 0 Å². The van der Waals surface area contributed by atoms with Crippen LogP contribution in [0, 0.1) is 5.82 Å². The first-order valence-electron chi connectivity index (χ1n) is 11.4. The highest BCUT2D eigenvalue weighted by Crippen LogP contribution is 2.45. The van der Waals surface area contributed by atoms with Gasteiger partial charge in [-0.3, -0.25) is 4.79 Å². The number of halogens is 1. The predicted octanol–water partition coefficient (Wildman–Crippen LogP) is 3.91. The van der Waals surface area contributed by atoms with Gasteiger partial charge >= 0.3 is 5.97 Å². The van der Waals surface area contributed by atoms with Gasteiger partial charge in [-0.1, -0.05) is 66.7 Å². The van der Waals surface area contributed by atoms with E-state index in [1.54, 1.807) is 6.07 Å². The van der Waals surface area contributed by atoms with Crippen molar-refractivity contribution in [1.29, 1.82) is 0 Å². The number of thioether (sulfide) groups is 1. The molecule has 8 heteroatoms. The van der Waals surface area contributed by atoms with Gasteiger partial charge in [0.15, 0.2) is 6.10 Å². The fourth-order valence-electron chi connectivity index (χ4n) is 4.50. The Morgan fingerprint density at radius 2 is 1.69 bits per heavy atom. The van der Waals surface area contributed by atoms with E-state index in [-0.39, 0.29) is 23.6 Å². The van der Waals surface area contributed by atoms with Gasteiger partial charge in [0.2, 0.25) is 11.5 Å². The van der Waals surface area contributed by atoms with Crippen molar-refractivity contribution in [2.75, 3.05) is 6.54 Å². The van der Waals surface area contributed by atoms with Gasteiger partial charge in [0.05, 0.1) is 11.8 Å². The van der Waals surface area contributed by atoms with E-state index >= 15 is 0 Å². The Hall–Kier alpha value is -3.36. The van der Waals surface area contributed by atoms with Gasteiger partial charge in [-0.25, -0.2) is 9.18 Å². The number of fused-ring (bicyclic) bond motifs is 1. The van der Waals surface area contributed by atoms with Gasteiger partial charge in [-0.2, -0.15) is 0 Å². The zero-order valence-corrected chi connectivity index (χ0v) is 19.9. The Morgan fingerprint density at radius 1 is 1.06 bits per heavy atom. The van der Waals surface area contributed by atoms with Crippen LogP contribution in [-0.2, 0) is 14.3 Å². The van der Waals surface area contributed by atoms with Gasteiger partial charge in [0.1, 0.15) is 23.0 Å². The van der Waals surface area contributed by atoms with Crippen molar-refractivity contribution in [2.45, 2.75) is 35.3 Å². The molecule has 3 aromatic carbocycles. The molecule has 0 aromatic heterocycles. The third kappa shape index (κ3) is 4.28. The Kier molecular flexibility index (Phi) is 6.25. The first kappa shape index (κ1) is 23.4. The molecule has 0 aliphatic carbocycles. The highest BCUT2D eigenvalue weighted by molar-refractivity contribution is 8.00. The van der Waals surface area contributed by atoms with Crippen LogP contribution >= 0.6 is 11.8 Å². The van der Waals surface area contributed by atoms with E-state index in [9.17, 15) is 14.0 Å². The maximum Gasteiger partial charge on any atom is 0.354 e. The molecule has 6 nitrogen and oxygen atoms in total. The number of ether oxygens (including phenoxy) is 2. The third-order valence-electron chi connectivity index (χ3n) is 6.46. The summed E-state index contributed by atoms with van der Waals surface area (Å²) in [6.45, 7) is 1.81. The molecule has 0 bridgehead atoms. The molecule has 5 rings (SSSR count). The lowest BCUT2D eigenvalue weighted by Crippen LogP contribution is -2.76. The number of benzene rings is 3. The summed E-state index contributed by atoms with van der Waals surface area (Å²) in [6, 6.07) is 23.8. The molecule has 4 atom stereocenters. The van der Waals surface area contributed by atoms with Crippen LogP contribution in [0.3, 0.4) is 0 Å².